The average molecular weight is 265 g/mol. The zero-order chi connectivity index (χ0) is 14.1. The summed E-state index contributed by atoms with van der Waals surface area (Å²) in [5, 5.41) is 1.00. The van der Waals surface area contributed by atoms with Crippen LogP contribution in [0.4, 0.5) is 0 Å². The lowest BCUT2D eigenvalue weighted by atomic mass is 10.1. The lowest BCUT2D eigenvalue weighted by Gasteiger charge is -2.01. The Hall–Kier alpha value is -2.42. The molecule has 20 heavy (non-hydrogen) atoms. The number of H-pyrrole nitrogens is 1. The molecule has 0 atom stereocenters. The summed E-state index contributed by atoms with van der Waals surface area (Å²) in [6, 6.07) is 13.9. The second kappa shape index (κ2) is 4.93. The number of para-hydroxylation sites is 1. The standard InChI is InChI=1S/C17H16N2O/c1-12-7-5-6-10-19(12)11-16(20)17-13(2)18-15-9-4-3-8-14(15)17/h3-10H,11H2,1-2H3/p+1. The number of nitrogens with zero attached hydrogens (tertiary/aromatic N) is 1. The summed E-state index contributed by atoms with van der Waals surface area (Å²) in [5.74, 6) is 0.138. The summed E-state index contributed by atoms with van der Waals surface area (Å²) in [5.41, 5.74) is 3.84. The molecule has 3 aromatic rings. The van der Waals surface area contributed by atoms with Crippen LogP contribution in [0, 0.1) is 13.8 Å². The predicted molar refractivity (Wildman–Crippen MR) is 78.7 cm³/mol. The Morgan fingerprint density at radius 3 is 2.65 bits per heavy atom. The van der Waals surface area contributed by atoms with Crippen LogP contribution in [-0.2, 0) is 6.54 Å². The predicted octanol–water partition coefficient (Wildman–Crippen LogP) is 2.96. The molecule has 0 fully saturated rings. The molecule has 3 rings (SSSR count). The van der Waals surface area contributed by atoms with Gasteiger partial charge in [0, 0.05) is 35.7 Å². The molecule has 0 radical (unpaired) electrons. The maximum Gasteiger partial charge on any atom is 0.229 e. The molecule has 0 aliphatic rings. The molecule has 3 nitrogen and oxygen atoms in total. The largest absolute Gasteiger partial charge is 0.358 e. The lowest BCUT2D eigenvalue weighted by Crippen LogP contribution is -2.40. The number of Topliss-reactive ketones (excluding diaryl/α,β-unsaturated/α-hetero) is 1. The fourth-order valence-corrected chi connectivity index (χ4v) is 2.61. The molecular weight excluding hydrogens is 248 g/mol. The van der Waals surface area contributed by atoms with Crippen LogP contribution in [0.2, 0.25) is 0 Å². The smallest absolute Gasteiger partial charge is 0.229 e. The van der Waals surface area contributed by atoms with Gasteiger partial charge in [-0.05, 0) is 13.0 Å². The number of rotatable bonds is 3. The maximum atomic E-state index is 12.6. The van der Waals surface area contributed by atoms with Crippen molar-refractivity contribution >= 4 is 16.7 Å². The van der Waals surface area contributed by atoms with E-state index < -0.39 is 0 Å². The number of fused-ring (bicyclic) bond motifs is 1. The van der Waals surface area contributed by atoms with E-state index in [2.05, 4.69) is 4.98 Å². The van der Waals surface area contributed by atoms with E-state index in [0.29, 0.717) is 6.54 Å². The first-order chi connectivity index (χ1) is 9.66. The minimum atomic E-state index is 0.138. The molecule has 0 spiro atoms. The molecule has 2 aromatic heterocycles. The Morgan fingerprint density at radius 1 is 1.10 bits per heavy atom. The highest BCUT2D eigenvalue weighted by molar-refractivity contribution is 6.08. The van der Waals surface area contributed by atoms with Gasteiger partial charge < -0.3 is 4.98 Å². The lowest BCUT2D eigenvalue weighted by molar-refractivity contribution is -0.689. The normalized spacial score (nSPS) is 10.9. The average Bonchev–Trinajstić information content (AvgIpc) is 2.77. The number of aryl methyl sites for hydroxylation is 2. The van der Waals surface area contributed by atoms with Gasteiger partial charge in [-0.3, -0.25) is 4.79 Å². The molecule has 2 heterocycles. The molecule has 0 saturated heterocycles. The summed E-state index contributed by atoms with van der Waals surface area (Å²) in [6.07, 6.45) is 1.94. The van der Waals surface area contributed by atoms with Crippen LogP contribution in [0.25, 0.3) is 10.9 Å². The van der Waals surface area contributed by atoms with E-state index in [-0.39, 0.29) is 5.78 Å². The van der Waals surface area contributed by atoms with Gasteiger partial charge in [-0.15, -0.1) is 0 Å². The van der Waals surface area contributed by atoms with Crippen molar-refractivity contribution < 1.29 is 9.36 Å². The van der Waals surface area contributed by atoms with Gasteiger partial charge in [-0.1, -0.05) is 24.3 Å². The molecule has 0 saturated carbocycles. The Balaban J connectivity index is 2.01. The van der Waals surface area contributed by atoms with Gasteiger partial charge in [-0.2, -0.15) is 4.57 Å². The van der Waals surface area contributed by atoms with Crippen molar-refractivity contribution in [2.45, 2.75) is 20.4 Å². The summed E-state index contributed by atoms with van der Waals surface area (Å²) >= 11 is 0. The van der Waals surface area contributed by atoms with Crippen LogP contribution in [0.3, 0.4) is 0 Å². The van der Waals surface area contributed by atoms with E-state index in [1.165, 1.54) is 0 Å². The van der Waals surface area contributed by atoms with E-state index in [0.717, 1.165) is 27.9 Å². The molecule has 0 bridgehead atoms. The highest BCUT2D eigenvalue weighted by Gasteiger charge is 2.20. The minimum absolute atomic E-state index is 0.138. The van der Waals surface area contributed by atoms with E-state index in [9.17, 15) is 4.79 Å². The van der Waals surface area contributed by atoms with Crippen molar-refractivity contribution in [3.63, 3.8) is 0 Å². The van der Waals surface area contributed by atoms with Crippen LogP contribution < -0.4 is 4.57 Å². The first kappa shape index (κ1) is 12.6. The second-order valence-corrected chi connectivity index (χ2v) is 5.06. The second-order valence-electron chi connectivity index (χ2n) is 5.06. The SMILES string of the molecule is Cc1[nH]c2ccccc2c1C(=O)C[n+]1ccccc1C. The molecular formula is C17H17N2O+. The van der Waals surface area contributed by atoms with Crippen molar-refractivity contribution in [3.8, 4) is 0 Å². The maximum absolute atomic E-state index is 12.6. The monoisotopic (exact) mass is 265 g/mol. The Bertz CT molecular complexity index is 787. The highest BCUT2D eigenvalue weighted by atomic mass is 16.1. The summed E-state index contributed by atoms with van der Waals surface area (Å²) in [6.45, 7) is 4.33. The number of hydrogen-bond acceptors (Lipinski definition) is 1. The van der Waals surface area contributed by atoms with Gasteiger partial charge >= 0.3 is 0 Å². The van der Waals surface area contributed by atoms with Gasteiger partial charge in [0.25, 0.3) is 0 Å². The van der Waals surface area contributed by atoms with Crippen molar-refractivity contribution in [3.05, 3.63) is 65.6 Å². The topological polar surface area (TPSA) is 36.7 Å². The molecule has 3 heteroatoms. The van der Waals surface area contributed by atoms with Gasteiger partial charge in [0.15, 0.2) is 11.9 Å². The molecule has 100 valence electrons. The number of aromatic amines is 1. The number of benzene rings is 1. The molecule has 1 aromatic carbocycles. The van der Waals surface area contributed by atoms with Crippen LogP contribution in [0.1, 0.15) is 21.7 Å². The van der Waals surface area contributed by atoms with E-state index in [1.54, 1.807) is 0 Å². The summed E-state index contributed by atoms with van der Waals surface area (Å²) < 4.78 is 1.98. The number of nitrogens with one attached hydrogen (secondary N) is 1. The van der Waals surface area contributed by atoms with Crippen molar-refractivity contribution in [2.24, 2.45) is 0 Å². The number of aromatic nitrogens is 2. The zero-order valence-electron chi connectivity index (χ0n) is 11.7. The Labute approximate surface area is 117 Å². The number of hydrogen-bond donors (Lipinski definition) is 1. The molecule has 0 unspecified atom stereocenters. The molecule has 0 aliphatic carbocycles. The minimum Gasteiger partial charge on any atom is -0.358 e. The molecule has 0 aliphatic heterocycles. The fourth-order valence-electron chi connectivity index (χ4n) is 2.61. The van der Waals surface area contributed by atoms with E-state index in [1.807, 2.05) is 67.1 Å². The van der Waals surface area contributed by atoms with Gasteiger partial charge in [0.2, 0.25) is 12.3 Å². The third-order valence-corrected chi connectivity index (χ3v) is 3.65. The Kier molecular flexibility index (Phi) is 3.11. The third kappa shape index (κ3) is 2.11. The summed E-state index contributed by atoms with van der Waals surface area (Å²) in [7, 11) is 0. The van der Waals surface area contributed by atoms with E-state index in [4.69, 9.17) is 0 Å². The summed E-state index contributed by atoms with van der Waals surface area (Å²) in [4.78, 5) is 15.9. The van der Waals surface area contributed by atoms with Crippen molar-refractivity contribution in [1.29, 1.82) is 0 Å². The van der Waals surface area contributed by atoms with Gasteiger partial charge in [0.1, 0.15) is 0 Å². The fraction of sp³-hybridized carbons (Fsp3) is 0.176. The van der Waals surface area contributed by atoms with Crippen LogP contribution in [0.15, 0.2) is 48.7 Å². The van der Waals surface area contributed by atoms with Crippen LogP contribution in [0.5, 0.6) is 0 Å². The zero-order valence-corrected chi connectivity index (χ0v) is 11.7. The first-order valence-corrected chi connectivity index (χ1v) is 6.72. The number of pyridine rings is 1. The third-order valence-electron chi connectivity index (χ3n) is 3.65. The molecule has 0 amide bonds. The van der Waals surface area contributed by atoms with Crippen molar-refractivity contribution in [1.82, 2.24) is 4.98 Å². The Morgan fingerprint density at radius 2 is 1.85 bits per heavy atom. The number of ketones is 1. The van der Waals surface area contributed by atoms with Crippen LogP contribution in [-0.4, -0.2) is 10.8 Å². The highest BCUT2D eigenvalue weighted by Crippen LogP contribution is 2.22. The van der Waals surface area contributed by atoms with Gasteiger partial charge in [0.05, 0.1) is 5.56 Å². The quantitative estimate of drug-likeness (QED) is 0.573. The van der Waals surface area contributed by atoms with Crippen LogP contribution >= 0.6 is 0 Å². The number of carbonyl (C=O) groups excluding carboxylic acids is 1. The molecule has 1 N–H and O–H groups in total. The number of carbonyl (C=O) groups is 1. The van der Waals surface area contributed by atoms with E-state index >= 15 is 0 Å². The van der Waals surface area contributed by atoms with Crippen molar-refractivity contribution in [2.75, 3.05) is 0 Å². The van der Waals surface area contributed by atoms with Gasteiger partial charge in [-0.25, -0.2) is 0 Å². The first-order valence-electron chi connectivity index (χ1n) is 6.72.